The molecule has 0 atom stereocenters. The number of nitrogens with one attached hydrogen (secondary N) is 2. The summed E-state index contributed by atoms with van der Waals surface area (Å²) < 4.78 is 14.7. The molecule has 23 heavy (non-hydrogen) atoms. The topological polar surface area (TPSA) is 54.2 Å². The van der Waals surface area contributed by atoms with Gasteiger partial charge in [0.15, 0.2) is 5.96 Å². The van der Waals surface area contributed by atoms with Crippen LogP contribution in [-0.4, -0.2) is 35.4 Å². The van der Waals surface area contributed by atoms with E-state index in [-0.39, 0.29) is 5.82 Å². The Balaban J connectivity index is 1.88. The van der Waals surface area contributed by atoms with E-state index in [0.29, 0.717) is 0 Å². The SMILES string of the molecule is CCCN=C(NCC)NCCc1ccn(-c2ccc(F)cc2)n1. The maximum Gasteiger partial charge on any atom is 0.191 e. The van der Waals surface area contributed by atoms with Crippen LogP contribution in [0.4, 0.5) is 4.39 Å². The largest absolute Gasteiger partial charge is 0.357 e. The van der Waals surface area contributed by atoms with E-state index in [9.17, 15) is 4.39 Å². The third kappa shape index (κ3) is 5.39. The summed E-state index contributed by atoms with van der Waals surface area (Å²) in [6.07, 6.45) is 3.71. The van der Waals surface area contributed by atoms with Crippen molar-refractivity contribution in [3.05, 3.63) is 48.0 Å². The summed E-state index contributed by atoms with van der Waals surface area (Å²) in [5, 5.41) is 11.0. The number of aromatic nitrogens is 2. The van der Waals surface area contributed by atoms with E-state index in [1.54, 1.807) is 16.8 Å². The summed E-state index contributed by atoms with van der Waals surface area (Å²) in [5.74, 6) is 0.597. The number of hydrogen-bond acceptors (Lipinski definition) is 2. The Labute approximate surface area is 136 Å². The smallest absolute Gasteiger partial charge is 0.191 e. The van der Waals surface area contributed by atoms with Crippen LogP contribution >= 0.6 is 0 Å². The molecule has 1 heterocycles. The lowest BCUT2D eigenvalue weighted by molar-refractivity contribution is 0.627. The van der Waals surface area contributed by atoms with Crippen molar-refractivity contribution in [2.75, 3.05) is 19.6 Å². The summed E-state index contributed by atoms with van der Waals surface area (Å²) in [7, 11) is 0. The highest BCUT2D eigenvalue weighted by Crippen LogP contribution is 2.09. The summed E-state index contributed by atoms with van der Waals surface area (Å²) in [5.41, 5.74) is 1.83. The molecule has 0 unspecified atom stereocenters. The molecule has 0 aliphatic heterocycles. The molecule has 0 spiro atoms. The van der Waals surface area contributed by atoms with E-state index in [2.05, 4.69) is 27.6 Å². The second-order valence-electron chi connectivity index (χ2n) is 5.17. The molecule has 0 radical (unpaired) electrons. The highest BCUT2D eigenvalue weighted by molar-refractivity contribution is 5.79. The van der Waals surface area contributed by atoms with Gasteiger partial charge in [0.05, 0.1) is 11.4 Å². The molecule has 0 bridgehead atoms. The van der Waals surface area contributed by atoms with E-state index >= 15 is 0 Å². The van der Waals surface area contributed by atoms with Crippen LogP contribution < -0.4 is 10.6 Å². The molecule has 124 valence electrons. The van der Waals surface area contributed by atoms with Crippen LogP contribution in [0.5, 0.6) is 0 Å². The first-order valence-electron chi connectivity index (χ1n) is 8.05. The minimum atomic E-state index is -0.243. The zero-order valence-electron chi connectivity index (χ0n) is 13.7. The fourth-order valence-corrected chi connectivity index (χ4v) is 2.11. The van der Waals surface area contributed by atoms with Crippen molar-refractivity contribution in [3.63, 3.8) is 0 Å². The Hall–Kier alpha value is -2.37. The van der Waals surface area contributed by atoms with Crippen LogP contribution in [0.1, 0.15) is 26.0 Å². The molecule has 1 aromatic heterocycles. The number of benzene rings is 1. The van der Waals surface area contributed by atoms with Gasteiger partial charge >= 0.3 is 0 Å². The quantitative estimate of drug-likeness (QED) is 0.609. The fourth-order valence-electron chi connectivity index (χ4n) is 2.11. The van der Waals surface area contributed by atoms with Gasteiger partial charge in [0.2, 0.25) is 0 Å². The Morgan fingerprint density at radius 1 is 1.17 bits per heavy atom. The molecule has 6 heteroatoms. The molecule has 0 amide bonds. The second kappa shape index (κ2) is 8.92. The first-order valence-corrected chi connectivity index (χ1v) is 8.05. The van der Waals surface area contributed by atoms with Crippen LogP contribution in [0.3, 0.4) is 0 Å². The molecule has 0 aliphatic rings. The lowest BCUT2D eigenvalue weighted by Gasteiger charge is -2.10. The van der Waals surface area contributed by atoms with Crippen LogP contribution in [0.25, 0.3) is 5.69 Å². The molecule has 2 N–H and O–H groups in total. The van der Waals surface area contributed by atoms with E-state index in [4.69, 9.17) is 0 Å². The molecular formula is C17H24FN5. The third-order valence-electron chi connectivity index (χ3n) is 3.25. The van der Waals surface area contributed by atoms with Gasteiger partial charge in [-0.15, -0.1) is 0 Å². The summed E-state index contributed by atoms with van der Waals surface area (Å²) in [6, 6.07) is 8.27. The average Bonchev–Trinajstić information content (AvgIpc) is 3.02. The van der Waals surface area contributed by atoms with E-state index in [1.165, 1.54) is 12.1 Å². The van der Waals surface area contributed by atoms with E-state index < -0.39 is 0 Å². The standard InChI is InChI=1S/C17H24FN5/c1-3-11-20-17(19-4-2)21-12-9-15-10-13-23(22-15)16-7-5-14(18)6-8-16/h5-8,10,13H,3-4,9,11-12H2,1-2H3,(H2,19,20,21). The number of halogens is 1. The third-order valence-corrected chi connectivity index (χ3v) is 3.25. The highest BCUT2D eigenvalue weighted by Gasteiger charge is 2.03. The zero-order chi connectivity index (χ0) is 16.5. The molecule has 5 nitrogen and oxygen atoms in total. The Bertz CT molecular complexity index is 618. The molecule has 0 fully saturated rings. The fraction of sp³-hybridized carbons (Fsp3) is 0.412. The monoisotopic (exact) mass is 317 g/mol. The van der Waals surface area contributed by atoms with Gasteiger partial charge in [-0.05, 0) is 43.7 Å². The minimum Gasteiger partial charge on any atom is -0.357 e. The maximum absolute atomic E-state index is 12.9. The molecule has 2 rings (SSSR count). The van der Waals surface area contributed by atoms with Gasteiger partial charge in [0.25, 0.3) is 0 Å². The maximum atomic E-state index is 12.9. The number of rotatable bonds is 7. The normalized spacial score (nSPS) is 11.5. The van der Waals surface area contributed by atoms with Crippen LogP contribution in [0.2, 0.25) is 0 Å². The van der Waals surface area contributed by atoms with Crippen molar-refractivity contribution < 1.29 is 4.39 Å². The van der Waals surface area contributed by atoms with Crippen molar-refractivity contribution in [3.8, 4) is 5.69 Å². The summed E-state index contributed by atoms with van der Waals surface area (Å²) >= 11 is 0. The van der Waals surface area contributed by atoms with Gasteiger partial charge in [-0.1, -0.05) is 6.92 Å². The molecular weight excluding hydrogens is 293 g/mol. The average molecular weight is 317 g/mol. The van der Waals surface area contributed by atoms with Crippen molar-refractivity contribution in [2.24, 2.45) is 4.99 Å². The molecule has 1 aromatic carbocycles. The van der Waals surface area contributed by atoms with Crippen LogP contribution in [-0.2, 0) is 6.42 Å². The molecule has 0 saturated heterocycles. The number of hydrogen-bond donors (Lipinski definition) is 2. The van der Waals surface area contributed by atoms with Crippen molar-refractivity contribution >= 4 is 5.96 Å². The molecule has 0 aliphatic carbocycles. The van der Waals surface area contributed by atoms with E-state index in [0.717, 1.165) is 49.8 Å². The Morgan fingerprint density at radius 3 is 2.65 bits per heavy atom. The van der Waals surface area contributed by atoms with Gasteiger partial charge in [-0.3, -0.25) is 4.99 Å². The first kappa shape index (κ1) is 17.0. The van der Waals surface area contributed by atoms with Gasteiger partial charge in [0, 0.05) is 32.3 Å². The predicted octanol–water partition coefficient (Wildman–Crippen LogP) is 2.52. The summed E-state index contributed by atoms with van der Waals surface area (Å²) in [4.78, 5) is 4.46. The van der Waals surface area contributed by atoms with Gasteiger partial charge < -0.3 is 10.6 Å². The minimum absolute atomic E-state index is 0.243. The van der Waals surface area contributed by atoms with Gasteiger partial charge in [0.1, 0.15) is 5.82 Å². The number of aliphatic imine (C=N–C) groups is 1. The predicted molar refractivity (Wildman–Crippen MR) is 91.5 cm³/mol. The van der Waals surface area contributed by atoms with Gasteiger partial charge in [-0.2, -0.15) is 5.10 Å². The zero-order valence-corrected chi connectivity index (χ0v) is 13.7. The van der Waals surface area contributed by atoms with Crippen molar-refractivity contribution in [2.45, 2.75) is 26.7 Å². The van der Waals surface area contributed by atoms with Crippen LogP contribution in [0.15, 0.2) is 41.5 Å². The second-order valence-corrected chi connectivity index (χ2v) is 5.17. The lowest BCUT2D eigenvalue weighted by Crippen LogP contribution is -2.38. The molecule has 0 saturated carbocycles. The van der Waals surface area contributed by atoms with Gasteiger partial charge in [-0.25, -0.2) is 9.07 Å². The Kier molecular flexibility index (Phi) is 6.59. The highest BCUT2D eigenvalue weighted by atomic mass is 19.1. The number of nitrogens with zero attached hydrogens (tertiary/aromatic N) is 3. The van der Waals surface area contributed by atoms with Crippen LogP contribution in [0, 0.1) is 5.82 Å². The summed E-state index contributed by atoms with van der Waals surface area (Å²) in [6.45, 7) is 6.57. The first-order chi connectivity index (χ1) is 11.2. The number of guanidine groups is 1. The van der Waals surface area contributed by atoms with Crippen molar-refractivity contribution in [1.29, 1.82) is 0 Å². The lowest BCUT2D eigenvalue weighted by atomic mass is 10.3. The van der Waals surface area contributed by atoms with E-state index in [1.807, 2.05) is 19.2 Å². The Morgan fingerprint density at radius 2 is 1.96 bits per heavy atom. The van der Waals surface area contributed by atoms with Crippen molar-refractivity contribution in [1.82, 2.24) is 20.4 Å². The molecule has 2 aromatic rings.